The fraction of sp³-hybridized carbons (Fsp3) is 0.833. The van der Waals surface area contributed by atoms with Gasteiger partial charge in [0.1, 0.15) is 0 Å². The van der Waals surface area contributed by atoms with Crippen LogP contribution in [-0.2, 0) is 9.53 Å². The van der Waals surface area contributed by atoms with Gasteiger partial charge in [0.25, 0.3) is 0 Å². The van der Waals surface area contributed by atoms with E-state index in [4.69, 9.17) is 0 Å². The van der Waals surface area contributed by atoms with Gasteiger partial charge >= 0.3 is 29.9 Å². The van der Waals surface area contributed by atoms with E-state index < -0.39 is 29.9 Å². The third-order valence-corrected chi connectivity index (χ3v) is 1.59. The second kappa shape index (κ2) is 3.95. The molecule has 102 valence electrons. The van der Waals surface area contributed by atoms with Crippen LogP contribution in [0.3, 0.4) is 0 Å². The van der Waals surface area contributed by atoms with Crippen molar-refractivity contribution in [3.8, 4) is 0 Å². The molecule has 0 unspecified atom stereocenters. The molecule has 2 nitrogen and oxygen atoms in total. The van der Waals surface area contributed by atoms with E-state index in [9.17, 15) is 44.3 Å². The van der Waals surface area contributed by atoms with Crippen molar-refractivity contribution in [3.05, 3.63) is 0 Å². The standard InChI is InChI=1S/C6H3F9O2/c1-17-2(16)3(7,8)4(9,10)5(11,12)6(13,14)15/h1H3. The summed E-state index contributed by atoms with van der Waals surface area (Å²) in [7, 11) is 0.123. The van der Waals surface area contributed by atoms with Crippen LogP contribution in [0.4, 0.5) is 39.5 Å². The van der Waals surface area contributed by atoms with Crippen molar-refractivity contribution in [2.75, 3.05) is 7.11 Å². The molecular formula is C6H3F9O2. The Kier molecular flexibility index (Phi) is 3.68. The van der Waals surface area contributed by atoms with Gasteiger partial charge in [-0.15, -0.1) is 0 Å². The number of ether oxygens (including phenoxy) is 1. The molecular weight excluding hydrogens is 275 g/mol. The monoisotopic (exact) mass is 278 g/mol. The SMILES string of the molecule is COC(=O)C(F)(F)C(F)(F)C(F)(F)C(F)(F)F. The van der Waals surface area contributed by atoms with Gasteiger partial charge in [-0.1, -0.05) is 0 Å². The van der Waals surface area contributed by atoms with Gasteiger partial charge < -0.3 is 4.74 Å². The van der Waals surface area contributed by atoms with E-state index >= 15 is 0 Å². The highest BCUT2D eigenvalue weighted by atomic mass is 19.4. The Morgan fingerprint density at radius 2 is 1.18 bits per heavy atom. The molecule has 0 rings (SSSR count). The van der Waals surface area contributed by atoms with Crippen molar-refractivity contribution in [3.63, 3.8) is 0 Å². The van der Waals surface area contributed by atoms with Gasteiger partial charge in [0.15, 0.2) is 0 Å². The predicted molar refractivity (Wildman–Crippen MR) is 32.9 cm³/mol. The van der Waals surface area contributed by atoms with Crippen LogP contribution >= 0.6 is 0 Å². The summed E-state index contributed by atoms with van der Waals surface area (Å²) in [6, 6.07) is 0. The molecule has 0 aromatic heterocycles. The zero-order valence-corrected chi connectivity index (χ0v) is 7.72. The van der Waals surface area contributed by atoms with Crippen molar-refractivity contribution >= 4 is 5.97 Å². The molecule has 0 radical (unpaired) electrons. The first kappa shape index (κ1) is 15.8. The van der Waals surface area contributed by atoms with Gasteiger partial charge in [-0.3, -0.25) is 0 Å². The Bertz CT molecular complexity index is 305. The Morgan fingerprint density at radius 1 is 0.824 bits per heavy atom. The second-order valence-electron chi connectivity index (χ2n) is 2.71. The molecule has 11 heteroatoms. The number of methoxy groups -OCH3 is 1. The average molecular weight is 278 g/mol. The molecule has 0 aromatic carbocycles. The van der Waals surface area contributed by atoms with Gasteiger partial charge in [-0.05, 0) is 0 Å². The Morgan fingerprint density at radius 3 is 1.41 bits per heavy atom. The fourth-order valence-corrected chi connectivity index (χ4v) is 0.632. The largest absolute Gasteiger partial charge is 0.464 e. The first-order valence-electron chi connectivity index (χ1n) is 3.52. The predicted octanol–water partition coefficient (Wildman–Crippen LogP) is 2.63. The highest BCUT2D eigenvalue weighted by Crippen LogP contribution is 2.53. The second-order valence-corrected chi connectivity index (χ2v) is 2.71. The van der Waals surface area contributed by atoms with Crippen LogP contribution in [0, 0.1) is 0 Å². The van der Waals surface area contributed by atoms with E-state index in [-0.39, 0.29) is 7.11 Å². The highest BCUT2D eigenvalue weighted by molar-refractivity contribution is 5.79. The molecule has 0 aliphatic carbocycles. The Labute approximate surface area is 87.3 Å². The molecule has 0 atom stereocenters. The molecule has 0 N–H and O–H groups in total. The van der Waals surface area contributed by atoms with Gasteiger partial charge in [-0.2, -0.15) is 39.5 Å². The number of carbonyl (C=O) groups is 1. The van der Waals surface area contributed by atoms with Crippen LogP contribution < -0.4 is 0 Å². The molecule has 0 bridgehead atoms. The Hall–Kier alpha value is -1.16. The third-order valence-electron chi connectivity index (χ3n) is 1.59. The summed E-state index contributed by atoms with van der Waals surface area (Å²) in [6.45, 7) is 0. The van der Waals surface area contributed by atoms with Crippen molar-refractivity contribution in [1.82, 2.24) is 0 Å². The van der Waals surface area contributed by atoms with E-state index in [1.54, 1.807) is 0 Å². The van der Waals surface area contributed by atoms with Crippen molar-refractivity contribution in [2.24, 2.45) is 0 Å². The van der Waals surface area contributed by atoms with Gasteiger partial charge in [-0.25, -0.2) is 4.79 Å². The summed E-state index contributed by atoms with van der Waals surface area (Å²) in [5.74, 6) is -23.6. The molecule has 0 heterocycles. The van der Waals surface area contributed by atoms with E-state index in [1.807, 2.05) is 0 Å². The molecule has 0 aliphatic rings. The molecule has 0 amide bonds. The first-order valence-corrected chi connectivity index (χ1v) is 3.52. The summed E-state index contributed by atoms with van der Waals surface area (Å²) in [6.07, 6.45) is -6.95. The van der Waals surface area contributed by atoms with E-state index in [0.29, 0.717) is 0 Å². The summed E-state index contributed by atoms with van der Waals surface area (Å²) >= 11 is 0. The lowest BCUT2D eigenvalue weighted by Gasteiger charge is -2.31. The number of esters is 1. The summed E-state index contributed by atoms with van der Waals surface area (Å²) in [4.78, 5) is 10.1. The summed E-state index contributed by atoms with van der Waals surface area (Å²) in [5.41, 5.74) is 0. The molecule has 0 aromatic rings. The molecule has 0 aliphatic heterocycles. The van der Waals surface area contributed by atoms with Crippen LogP contribution in [0.25, 0.3) is 0 Å². The molecule has 0 saturated heterocycles. The van der Waals surface area contributed by atoms with Gasteiger partial charge in [0.05, 0.1) is 7.11 Å². The zero-order valence-electron chi connectivity index (χ0n) is 7.72. The highest BCUT2D eigenvalue weighted by Gasteiger charge is 2.84. The van der Waals surface area contributed by atoms with Crippen LogP contribution in [0.1, 0.15) is 0 Å². The lowest BCUT2D eigenvalue weighted by Crippen LogP contribution is -2.63. The first-order chi connectivity index (χ1) is 7.23. The number of halogens is 9. The van der Waals surface area contributed by atoms with Crippen molar-refractivity contribution in [1.29, 1.82) is 0 Å². The quantitative estimate of drug-likeness (QED) is 0.586. The minimum absolute atomic E-state index is 0.123. The molecule has 0 saturated carbocycles. The Balaban J connectivity index is 5.63. The van der Waals surface area contributed by atoms with E-state index in [0.717, 1.165) is 0 Å². The summed E-state index contributed by atoms with van der Waals surface area (Å²) in [5, 5.41) is 0. The number of rotatable bonds is 3. The number of hydrogen-bond acceptors (Lipinski definition) is 2. The average Bonchev–Trinajstić information content (AvgIpc) is 2.13. The normalized spacial score (nSPS) is 14.7. The maximum atomic E-state index is 12.4. The van der Waals surface area contributed by atoms with Crippen molar-refractivity contribution < 1.29 is 49.0 Å². The fourth-order valence-electron chi connectivity index (χ4n) is 0.632. The minimum Gasteiger partial charge on any atom is -0.464 e. The third kappa shape index (κ3) is 2.14. The van der Waals surface area contributed by atoms with E-state index in [2.05, 4.69) is 4.74 Å². The minimum atomic E-state index is -7.09. The van der Waals surface area contributed by atoms with Gasteiger partial charge in [0.2, 0.25) is 0 Å². The van der Waals surface area contributed by atoms with Crippen molar-refractivity contribution in [2.45, 2.75) is 23.9 Å². The lowest BCUT2D eigenvalue weighted by atomic mass is 10.0. The van der Waals surface area contributed by atoms with Crippen LogP contribution in [0.5, 0.6) is 0 Å². The number of alkyl halides is 9. The molecule has 0 fully saturated rings. The van der Waals surface area contributed by atoms with E-state index in [1.165, 1.54) is 0 Å². The molecule has 17 heavy (non-hydrogen) atoms. The van der Waals surface area contributed by atoms with Crippen LogP contribution in [0.15, 0.2) is 0 Å². The smallest absolute Gasteiger partial charge is 0.460 e. The zero-order chi connectivity index (χ0) is 14.3. The lowest BCUT2D eigenvalue weighted by molar-refractivity contribution is -0.390. The topological polar surface area (TPSA) is 26.3 Å². The molecule has 0 spiro atoms. The maximum absolute atomic E-state index is 12.4. The summed E-state index contributed by atoms with van der Waals surface area (Å²) < 4.78 is 111. The van der Waals surface area contributed by atoms with Gasteiger partial charge in [0, 0.05) is 0 Å². The number of hydrogen-bond donors (Lipinski definition) is 0. The van der Waals surface area contributed by atoms with Crippen LogP contribution in [0.2, 0.25) is 0 Å². The van der Waals surface area contributed by atoms with Crippen LogP contribution in [-0.4, -0.2) is 37.0 Å². The number of carbonyl (C=O) groups excluding carboxylic acids is 1. The maximum Gasteiger partial charge on any atom is 0.460 e.